The van der Waals surface area contributed by atoms with E-state index < -0.39 is 5.60 Å². The molecule has 1 rings (SSSR count). The summed E-state index contributed by atoms with van der Waals surface area (Å²) in [5.41, 5.74) is -0.581. The summed E-state index contributed by atoms with van der Waals surface area (Å²) in [7, 11) is 0. The highest BCUT2D eigenvalue weighted by molar-refractivity contribution is 4.81. The van der Waals surface area contributed by atoms with Crippen molar-refractivity contribution in [3.63, 3.8) is 0 Å². The lowest BCUT2D eigenvalue weighted by molar-refractivity contribution is 0.0312. The number of aliphatic hydroxyl groups excluding tert-OH is 1. The molecule has 3 nitrogen and oxygen atoms in total. The summed E-state index contributed by atoms with van der Waals surface area (Å²) in [6, 6.07) is 0. The summed E-state index contributed by atoms with van der Waals surface area (Å²) < 4.78 is 0. The number of hydrogen-bond donors (Lipinski definition) is 3. The van der Waals surface area contributed by atoms with Crippen molar-refractivity contribution >= 4 is 0 Å². The third-order valence-corrected chi connectivity index (χ3v) is 2.91. The molecule has 0 heterocycles. The lowest BCUT2D eigenvalue weighted by Crippen LogP contribution is -2.42. The topological polar surface area (TPSA) is 52.5 Å². The monoisotopic (exact) mass is 187 g/mol. The highest BCUT2D eigenvalue weighted by Gasteiger charge is 2.27. The number of hydrogen-bond acceptors (Lipinski definition) is 3. The number of rotatable bonds is 5. The predicted molar refractivity (Wildman–Crippen MR) is 52.5 cm³/mol. The molecular formula is C10H21NO2. The number of nitrogens with one attached hydrogen (secondary N) is 1. The Balaban J connectivity index is 2.01. The van der Waals surface area contributed by atoms with Gasteiger partial charge in [-0.25, -0.2) is 0 Å². The van der Waals surface area contributed by atoms with E-state index in [0.29, 0.717) is 12.5 Å². The SMILES string of the molecule is CCC(C)(O)CNCC1CC(O)C1. The zero-order chi connectivity index (χ0) is 9.90. The Labute approximate surface area is 80.2 Å². The smallest absolute Gasteiger partial charge is 0.0740 e. The van der Waals surface area contributed by atoms with Crippen LogP contribution in [0.5, 0.6) is 0 Å². The summed E-state index contributed by atoms with van der Waals surface area (Å²) in [5, 5.41) is 22.0. The van der Waals surface area contributed by atoms with E-state index in [2.05, 4.69) is 5.32 Å². The normalized spacial score (nSPS) is 32.3. The molecule has 0 aromatic rings. The third-order valence-electron chi connectivity index (χ3n) is 2.91. The molecule has 0 radical (unpaired) electrons. The Bertz CT molecular complexity index is 153. The Morgan fingerprint density at radius 1 is 1.46 bits per heavy atom. The van der Waals surface area contributed by atoms with Crippen LogP contribution < -0.4 is 5.32 Å². The maximum atomic E-state index is 9.67. The zero-order valence-electron chi connectivity index (χ0n) is 8.58. The van der Waals surface area contributed by atoms with Gasteiger partial charge in [-0.3, -0.25) is 0 Å². The maximum Gasteiger partial charge on any atom is 0.0740 e. The molecule has 1 atom stereocenters. The molecule has 1 aliphatic rings. The first-order valence-electron chi connectivity index (χ1n) is 5.14. The first-order valence-corrected chi connectivity index (χ1v) is 5.14. The first-order chi connectivity index (χ1) is 6.03. The second-order valence-electron chi connectivity index (χ2n) is 4.47. The van der Waals surface area contributed by atoms with E-state index in [4.69, 9.17) is 5.11 Å². The molecule has 3 N–H and O–H groups in total. The van der Waals surface area contributed by atoms with Crippen molar-refractivity contribution in [3.8, 4) is 0 Å². The summed E-state index contributed by atoms with van der Waals surface area (Å²) in [4.78, 5) is 0. The fourth-order valence-corrected chi connectivity index (χ4v) is 1.54. The quantitative estimate of drug-likeness (QED) is 0.588. The van der Waals surface area contributed by atoms with Gasteiger partial charge in [0, 0.05) is 6.54 Å². The van der Waals surface area contributed by atoms with Crippen LogP contribution in [0.15, 0.2) is 0 Å². The van der Waals surface area contributed by atoms with E-state index >= 15 is 0 Å². The summed E-state index contributed by atoms with van der Waals surface area (Å²) >= 11 is 0. The summed E-state index contributed by atoms with van der Waals surface area (Å²) in [6.07, 6.45) is 2.54. The van der Waals surface area contributed by atoms with Crippen molar-refractivity contribution in [2.24, 2.45) is 5.92 Å². The fraction of sp³-hybridized carbons (Fsp3) is 1.00. The van der Waals surface area contributed by atoms with Gasteiger partial charge in [-0.2, -0.15) is 0 Å². The molecule has 0 saturated heterocycles. The van der Waals surface area contributed by atoms with Gasteiger partial charge >= 0.3 is 0 Å². The van der Waals surface area contributed by atoms with E-state index in [0.717, 1.165) is 25.8 Å². The summed E-state index contributed by atoms with van der Waals surface area (Å²) in [6.45, 7) is 5.40. The fourth-order valence-electron chi connectivity index (χ4n) is 1.54. The van der Waals surface area contributed by atoms with Crippen LogP contribution in [0, 0.1) is 5.92 Å². The molecule has 0 amide bonds. The minimum Gasteiger partial charge on any atom is -0.393 e. The van der Waals surface area contributed by atoms with Gasteiger partial charge in [-0.05, 0) is 38.6 Å². The molecule has 0 aromatic heterocycles. The van der Waals surface area contributed by atoms with Gasteiger partial charge in [0.25, 0.3) is 0 Å². The Kier molecular flexibility index (Phi) is 3.71. The minimum absolute atomic E-state index is 0.0708. The molecule has 1 saturated carbocycles. The van der Waals surface area contributed by atoms with Crippen molar-refractivity contribution < 1.29 is 10.2 Å². The van der Waals surface area contributed by atoms with E-state index in [1.54, 1.807) is 0 Å². The van der Waals surface area contributed by atoms with Gasteiger partial charge in [-0.15, -0.1) is 0 Å². The highest BCUT2D eigenvalue weighted by Crippen LogP contribution is 2.26. The van der Waals surface area contributed by atoms with Gasteiger partial charge in [0.15, 0.2) is 0 Å². The molecule has 0 bridgehead atoms. The zero-order valence-corrected chi connectivity index (χ0v) is 8.58. The van der Waals surface area contributed by atoms with Gasteiger partial charge in [0.05, 0.1) is 11.7 Å². The molecule has 0 spiro atoms. The maximum absolute atomic E-state index is 9.67. The van der Waals surface area contributed by atoms with Crippen LogP contribution in [0.3, 0.4) is 0 Å². The average Bonchev–Trinajstić information content (AvgIpc) is 2.01. The van der Waals surface area contributed by atoms with Gasteiger partial charge in [0.2, 0.25) is 0 Å². The molecule has 0 aliphatic heterocycles. The van der Waals surface area contributed by atoms with Crippen molar-refractivity contribution in [3.05, 3.63) is 0 Å². The lowest BCUT2D eigenvalue weighted by Gasteiger charge is -2.32. The standard InChI is InChI=1S/C10H21NO2/c1-3-10(2,13)7-11-6-8-4-9(12)5-8/h8-9,11-13H,3-7H2,1-2H3. The Morgan fingerprint density at radius 3 is 2.54 bits per heavy atom. The van der Waals surface area contributed by atoms with E-state index in [9.17, 15) is 5.11 Å². The van der Waals surface area contributed by atoms with Crippen LogP contribution in [-0.4, -0.2) is 35.0 Å². The van der Waals surface area contributed by atoms with Crippen LogP contribution in [-0.2, 0) is 0 Å². The molecule has 3 heteroatoms. The molecule has 0 aromatic carbocycles. The van der Waals surface area contributed by atoms with Gasteiger partial charge < -0.3 is 15.5 Å². The molecule has 78 valence electrons. The van der Waals surface area contributed by atoms with Crippen LogP contribution in [0.1, 0.15) is 33.1 Å². The van der Waals surface area contributed by atoms with E-state index in [-0.39, 0.29) is 6.10 Å². The Morgan fingerprint density at radius 2 is 2.08 bits per heavy atom. The first kappa shape index (κ1) is 11.0. The Hall–Kier alpha value is -0.120. The van der Waals surface area contributed by atoms with Crippen molar-refractivity contribution in [1.29, 1.82) is 0 Å². The van der Waals surface area contributed by atoms with E-state index in [1.807, 2.05) is 13.8 Å². The van der Waals surface area contributed by atoms with Crippen LogP contribution in [0.4, 0.5) is 0 Å². The third kappa shape index (κ3) is 3.63. The predicted octanol–water partition coefficient (Wildman–Crippen LogP) is 0.508. The van der Waals surface area contributed by atoms with Crippen molar-refractivity contribution in [2.45, 2.75) is 44.8 Å². The molecule has 1 unspecified atom stereocenters. The average molecular weight is 187 g/mol. The van der Waals surface area contributed by atoms with Crippen molar-refractivity contribution in [2.75, 3.05) is 13.1 Å². The molecule has 1 aliphatic carbocycles. The largest absolute Gasteiger partial charge is 0.393 e. The van der Waals surface area contributed by atoms with Crippen LogP contribution in [0.25, 0.3) is 0 Å². The highest BCUT2D eigenvalue weighted by atomic mass is 16.3. The molecule has 13 heavy (non-hydrogen) atoms. The molecular weight excluding hydrogens is 166 g/mol. The van der Waals surface area contributed by atoms with Gasteiger partial charge in [-0.1, -0.05) is 6.92 Å². The van der Waals surface area contributed by atoms with Crippen molar-refractivity contribution in [1.82, 2.24) is 5.32 Å². The van der Waals surface area contributed by atoms with Gasteiger partial charge in [0.1, 0.15) is 0 Å². The van der Waals surface area contributed by atoms with Crippen LogP contribution in [0.2, 0.25) is 0 Å². The number of aliphatic hydroxyl groups is 2. The molecule has 1 fully saturated rings. The minimum atomic E-state index is -0.581. The second kappa shape index (κ2) is 4.40. The lowest BCUT2D eigenvalue weighted by atomic mass is 9.82. The second-order valence-corrected chi connectivity index (χ2v) is 4.47. The van der Waals surface area contributed by atoms with E-state index in [1.165, 1.54) is 0 Å². The van der Waals surface area contributed by atoms with Crippen LogP contribution >= 0.6 is 0 Å². The summed E-state index contributed by atoms with van der Waals surface area (Å²) in [5.74, 6) is 0.614.